The van der Waals surface area contributed by atoms with E-state index < -0.39 is 0 Å². The fraction of sp³-hybridized carbons (Fsp3) is 0.300. The van der Waals surface area contributed by atoms with Gasteiger partial charge in [-0.15, -0.1) is 11.3 Å². The summed E-state index contributed by atoms with van der Waals surface area (Å²) in [6.45, 7) is 6.44. The molecule has 1 N–H and O–H groups in total. The molecule has 4 aromatic heterocycles. The summed E-state index contributed by atoms with van der Waals surface area (Å²) in [5.74, 6) is -0.127. The van der Waals surface area contributed by atoms with Crippen molar-refractivity contribution in [2.45, 2.75) is 33.4 Å². The highest BCUT2D eigenvalue weighted by Crippen LogP contribution is 2.29. The molecule has 4 heterocycles. The van der Waals surface area contributed by atoms with Crippen molar-refractivity contribution >= 4 is 28.3 Å². The lowest BCUT2D eigenvalue weighted by Crippen LogP contribution is -2.36. The van der Waals surface area contributed by atoms with E-state index >= 15 is 0 Å². The molecule has 1 amide bonds. The van der Waals surface area contributed by atoms with E-state index in [0.717, 1.165) is 27.3 Å². The summed E-state index contributed by atoms with van der Waals surface area (Å²) in [4.78, 5) is 18.9. The van der Waals surface area contributed by atoms with Crippen LogP contribution in [0.3, 0.4) is 0 Å². The maximum absolute atomic E-state index is 13.1. The minimum atomic E-state index is -0.127. The molecule has 0 radical (unpaired) electrons. The van der Waals surface area contributed by atoms with Crippen LogP contribution in [-0.2, 0) is 13.6 Å². The summed E-state index contributed by atoms with van der Waals surface area (Å²) in [6, 6.07) is 7.73. The summed E-state index contributed by atoms with van der Waals surface area (Å²) in [5, 5.41) is 14.7. The van der Waals surface area contributed by atoms with Gasteiger partial charge in [0, 0.05) is 19.3 Å². The van der Waals surface area contributed by atoms with Crippen molar-refractivity contribution in [2.75, 3.05) is 0 Å². The molecule has 28 heavy (non-hydrogen) atoms. The van der Waals surface area contributed by atoms with Crippen LogP contribution in [0.15, 0.2) is 35.8 Å². The fourth-order valence-corrected chi connectivity index (χ4v) is 4.05. The minimum Gasteiger partial charge on any atom is -0.348 e. The van der Waals surface area contributed by atoms with Gasteiger partial charge in [0.1, 0.15) is 0 Å². The number of thiophene rings is 1. The quantitative estimate of drug-likeness (QED) is 0.563. The van der Waals surface area contributed by atoms with Gasteiger partial charge < -0.3 is 5.32 Å². The predicted molar refractivity (Wildman–Crippen MR) is 110 cm³/mol. The van der Waals surface area contributed by atoms with Crippen molar-refractivity contribution in [3.63, 3.8) is 0 Å². The third-order valence-corrected chi connectivity index (χ3v) is 5.49. The molecule has 0 saturated carbocycles. The average molecular weight is 395 g/mol. The number of nitrogens with one attached hydrogen (secondary N) is 1. The molecule has 144 valence electrons. The number of carbonyl (C=O) groups excluding carboxylic acids is 1. The van der Waals surface area contributed by atoms with Crippen LogP contribution in [-0.4, -0.2) is 36.5 Å². The SMILES string of the molecule is Cc1ccn(CC(C)NC(=O)c2cc(-c3cccs3)nc3c2c(C)nn3C)n1. The predicted octanol–water partition coefficient (Wildman–Crippen LogP) is 3.33. The van der Waals surface area contributed by atoms with Gasteiger partial charge in [-0.05, 0) is 44.4 Å². The molecule has 4 rings (SSSR count). The minimum absolute atomic E-state index is 0.0721. The zero-order valence-electron chi connectivity index (χ0n) is 16.3. The van der Waals surface area contributed by atoms with E-state index in [1.807, 2.05) is 68.3 Å². The van der Waals surface area contributed by atoms with Gasteiger partial charge in [0.25, 0.3) is 5.91 Å². The van der Waals surface area contributed by atoms with Crippen LogP contribution in [0.2, 0.25) is 0 Å². The Morgan fingerprint density at radius 1 is 1.29 bits per heavy atom. The number of rotatable bonds is 5. The average Bonchev–Trinajstić information content (AvgIpc) is 3.37. The number of amides is 1. The summed E-state index contributed by atoms with van der Waals surface area (Å²) >= 11 is 1.60. The number of nitrogens with zero attached hydrogens (tertiary/aromatic N) is 5. The van der Waals surface area contributed by atoms with E-state index in [9.17, 15) is 4.79 Å². The summed E-state index contributed by atoms with van der Waals surface area (Å²) in [7, 11) is 1.85. The zero-order valence-corrected chi connectivity index (χ0v) is 17.1. The standard InChI is InChI=1S/C20H22N6OS/c1-12-7-8-26(23-12)11-13(2)21-20(27)15-10-16(17-6-5-9-28-17)22-19-18(15)14(3)24-25(19)4/h5-10,13H,11H2,1-4H3,(H,21,27). The molecular weight excluding hydrogens is 372 g/mol. The van der Waals surface area contributed by atoms with Gasteiger partial charge in [0.2, 0.25) is 0 Å². The zero-order chi connectivity index (χ0) is 19.8. The molecule has 0 fully saturated rings. The fourth-order valence-electron chi connectivity index (χ4n) is 3.37. The first-order chi connectivity index (χ1) is 13.4. The van der Waals surface area contributed by atoms with Crippen LogP contribution in [0.4, 0.5) is 0 Å². The van der Waals surface area contributed by atoms with E-state index in [-0.39, 0.29) is 11.9 Å². The topological polar surface area (TPSA) is 77.6 Å². The van der Waals surface area contributed by atoms with Crippen LogP contribution in [0, 0.1) is 13.8 Å². The molecule has 7 nitrogen and oxygen atoms in total. The van der Waals surface area contributed by atoms with Crippen LogP contribution >= 0.6 is 11.3 Å². The van der Waals surface area contributed by atoms with E-state index in [1.165, 1.54) is 0 Å². The van der Waals surface area contributed by atoms with Gasteiger partial charge in [0.05, 0.1) is 39.5 Å². The van der Waals surface area contributed by atoms with Crippen molar-refractivity contribution in [1.29, 1.82) is 0 Å². The maximum atomic E-state index is 13.1. The van der Waals surface area contributed by atoms with Crippen molar-refractivity contribution in [2.24, 2.45) is 7.05 Å². The Hall–Kier alpha value is -3.00. The van der Waals surface area contributed by atoms with Crippen LogP contribution < -0.4 is 5.32 Å². The highest BCUT2D eigenvalue weighted by molar-refractivity contribution is 7.13. The molecular formula is C20H22N6OS. The Balaban J connectivity index is 1.69. The van der Waals surface area contributed by atoms with Gasteiger partial charge in [-0.3, -0.25) is 14.2 Å². The summed E-state index contributed by atoms with van der Waals surface area (Å²) in [5.41, 5.74) is 3.85. The van der Waals surface area contributed by atoms with Crippen LogP contribution in [0.1, 0.15) is 28.7 Å². The molecule has 0 bridgehead atoms. The number of fused-ring (bicyclic) bond motifs is 1. The Morgan fingerprint density at radius 3 is 2.79 bits per heavy atom. The number of aromatic nitrogens is 5. The number of hydrogen-bond acceptors (Lipinski definition) is 5. The smallest absolute Gasteiger partial charge is 0.252 e. The third-order valence-electron chi connectivity index (χ3n) is 4.60. The van der Waals surface area contributed by atoms with Crippen molar-refractivity contribution in [3.05, 3.63) is 52.8 Å². The van der Waals surface area contributed by atoms with E-state index in [2.05, 4.69) is 15.5 Å². The molecule has 1 unspecified atom stereocenters. The molecule has 0 saturated heterocycles. The van der Waals surface area contributed by atoms with Gasteiger partial charge in [-0.2, -0.15) is 10.2 Å². The molecule has 0 aromatic carbocycles. The van der Waals surface area contributed by atoms with Crippen molar-refractivity contribution < 1.29 is 4.79 Å². The largest absolute Gasteiger partial charge is 0.348 e. The summed E-state index contributed by atoms with van der Waals surface area (Å²) in [6.07, 6.45) is 1.92. The number of aryl methyl sites for hydroxylation is 3. The first kappa shape index (κ1) is 18.4. The normalized spacial score (nSPS) is 12.4. The monoisotopic (exact) mass is 394 g/mol. The molecule has 0 aliphatic carbocycles. The first-order valence-corrected chi connectivity index (χ1v) is 9.99. The molecule has 8 heteroatoms. The molecule has 0 spiro atoms. The Kier molecular flexibility index (Phi) is 4.72. The second kappa shape index (κ2) is 7.20. The van der Waals surface area contributed by atoms with Crippen molar-refractivity contribution in [1.82, 2.24) is 29.9 Å². The summed E-state index contributed by atoms with van der Waals surface area (Å²) < 4.78 is 3.57. The molecule has 4 aromatic rings. The van der Waals surface area contributed by atoms with Crippen LogP contribution in [0.5, 0.6) is 0 Å². The molecule has 0 aliphatic heterocycles. The second-order valence-electron chi connectivity index (χ2n) is 6.99. The van der Waals surface area contributed by atoms with Crippen molar-refractivity contribution in [3.8, 4) is 10.6 Å². The van der Waals surface area contributed by atoms with Gasteiger partial charge in [0.15, 0.2) is 5.65 Å². The Labute approximate surface area is 167 Å². The Morgan fingerprint density at radius 2 is 2.11 bits per heavy atom. The highest BCUT2D eigenvalue weighted by atomic mass is 32.1. The molecule has 1 atom stereocenters. The lowest BCUT2D eigenvalue weighted by Gasteiger charge is -2.15. The first-order valence-electron chi connectivity index (χ1n) is 9.11. The lowest BCUT2D eigenvalue weighted by molar-refractivity contribution is 0.0937. The number of carbonyl (C=O) groups is 1. The molecule has 0 aliphatic rings. The maximum Gasteiger partial charge on any atom is 0.252 e. The highest BCUT2D eigenvalue weighted by Gasteiger charge is 2.20. The number of hydrogen-bond donors (Lipinski definition) is 1. The van der Waals surface area contributed by atoms with Gasteiger partial charge in [-0.25, -0.2) is 4.98 Å². The van der Waals surface area contributed by atoms with E-state index in [0.29, 0.717) is 17.8 Å². The second-order valence-corrected chi connectivity index (χ2v) is 7.94. The third kappa shape index (κ3) is 3.43. The Bertz CT molecular complexity index is 1140. The van der Waals surface area contributed by atoms with Gasteiger partial charge in [-0.1, -0.05) is 6.07 Å². The van der Waals surface area contributed by atoms with Crippen LogP contribution in [0.25, 0.3) is 21.6 Å². The lowest BCUT2D eigenvalue weighted by atomic mass is 10.1. The van der Waals surface area contributed by atoms with E-state index in [1.54, 1.807) is 16.0 Å². The van der Waals surface area contributed by atoms with E-state index in [4.69, 9.17) is 4.98 Å². The van der Waals surface area contributed by atoms with Gasteiger partial charge >= 0.3 is 0 Å². The number of pyridine rings is 1.